The molecule has 2 rings (SSSR count). The van der Waals surface area contributed by atoms with Gasteiger partial charge in [0.25, 0.3) is 0 Å². The van der Waals surface area contributed by atoms with Gasteiger partial charge in [-0.2, -0.15) is 0 Å². The highest BCUT2D eigenvalue weighted by atomic mass is 35.5. The first-order valence-corrected chi connectivity index (χ1v) is 3.63. The molecule has 1 aromatic heterocycles. The Morgan fingerprint density at radius 2 is 2.38 bits per heavy atom. The molecule has 72 valence electrons. The zero-order valence-corrected chi connectivity index (χ0v) is 7.49. The van der Waals surface area contributed by atoms with Gasteiger partial charge in [0.15, 0.2) is 5.69 Å². The number of nitrogens with zero attached hydrogens (tertiary/aromatic N) is 3. The van der Waals surface area contributed by atoms with Gasteiger partial charge in [-0.15, -0.1) is 17.5 Å². The lowest BCUT2D eigenvalue weighted by atomic mass is 10.2. The van der Waals surface area contributed by atoms with E-state index >= 15 is 0 Å². The monoisotopic (exact) mass is 204 g/mol. The summed E-state index contributed by atoms with van der Waals surface area (Å²) in [6.07, 6.45) is 1.45. The summed E-state index contributed by atoms with van der Waals surface area (Å²) in [5.74, 6) is -1.03. The van der Waals surface area contributed by atoms with Crippen molar-refractivity contribution in [2.24, 2.45) is 0 Å². The van der Waals surface area contributed by atoms with Gasteiger partial charge in [-0.1, -0.05) is 5.21 Å². The molecule has 0 aromatic carbocycles. The van der Waals surface area contributed by atoms with Crippen LogP contribution in [0.1, 0.15) is 16.5 Å². The highest BCUT2D eigenvalue weighted by Crippen LogP contribution is 2.09. The van der Waals surface area contributed by atoms with Crippen molar-refractivity contribution in [2.45, 2.75) is 6.04 Å². The van der Waals surface area contributed by atoms with E-state index in [-0.39, 0.29) is 24.1 Å². The summed E-state index contributed by atoms with van der Waals surface area (Å²) in [5.41, 5.74) is 0.00176. The predicted octanol–water partition coefficient (Wildman–Crippen LogP) is -0.458. The zero-order chi connectivity index (χ0) is 8.55. The first-order valence-electron chi connectivity index (χ1n) is 3.63. The summed E-state index contributed by atoms with van der Waals surface area (Å²) < 4.78 is 1.58. The lowest BCUT2D eigenvalue weighted by Gasteiger charge is -2.26. The van der Waals surface area contributed by atoms with Crippen molar-refractivity contribution < 1.29 is 9.90 Å². The summed E-state index contributed by atoms with van der Waals surface area (Å²) in [5, 5.41) is 18.8. The number of hydrogen-bond acceptors (Lipinski definition) is 4. The van der Waals surface area contributed by atoms with E-state index in [4.69, 9.17) is 5.11 Å². The maximum Gasteiger partial charge on any atom is 0.358 e. The molecule has 0 aliphatic carbocycles. The number of hydrogen-bond donors (Lipinski definition) is 2. The zero-order valence-electron chi connectivity index (χ0n) is 6.67. The van der Waals surface area contributed by atoms with Crippen LogP contribution in [0.5, 0.6) is 0 Å². The Bertz CT molecular complexity index is 309. The smallest absolute Gasteiger partial charge is 0.358 e. The molecule has 0 amide bonds. The number of aromatic carboxylic acids is 1. The van der Waals surface area contributed by atoms with E-state index < -0.39 is 5.97 Å². The minimum Gasteiger partial charge on any atom is -0.476 e. The first kappa shape index (κ1) is 9.94. The molecule has 1 aromatic rings. The number of halogens is 1. The number of aromatic nitrogens is 3. The van der Waals surface area contributed by atoms with Crippen LogP contribution in [0.4, 0.5) is 0 Å². The van der Waals surface area contributed by atoms with Gasteiger partial charge >= 0.3 is 5.97 Å². The van der Waals surface area contributed by atoms with Crippen LogP contribution in [0, 0.1) is 0 Å². The molecular weight excluding hydrogens is 196 g/mol. The van der Waals surface area contributed by atoms with Gasteiger partial charge in [0.05, 0.1) is 12.2 Å². The summed E-state index contributed by atoms with van der Waals surface area (Å²) in [6.45, 7) is 1.67. The van der Waals surface area contributed by atoms with Crippen LogP contribution in [0.25, 0.3) is 0 Å². The van der Waals surface area contributed by atoms with E-state index in [2.05, 4.69) is 15.6 Å². The molecule has 1 fully saturated rings. The van der Waals surface area contributed by atoms with Gasteiger partial charge in [0, 0.05) is 13.1 Å². The van der Waals surface area contributed by atoms with Crippen molar-refractivity contribution in [2.75, 3.05) is 13.1 Å². The van der Waals surface area contributed by atoms with Gasteiger partial charge in [0.1, 0.15) is 0 Å². The molecular formula is C6H9ClN4O2. The van der Waals surface area contributed by atoms with E-state index in [1.54, 1.807) is 4.68 Å². The van der Waals surface area contributed by atoms with E-state index in [0.29, 0.717) is 0 Å². The number of carboxylic acid groups (broad SMARTS) is 1. The number of nitrogens with one attached hydrogen (secondary N) is 1. The number of carboxylic acids is 1. The molecule has 0 spiro atoms. The van der Waals surface area contributed by atoms with Crippen molar-refractivity contribution in [1.29, 1.82) is 0 Å². The molecule has 2 N–H and O–H groups in total. The molecule has 2 heterocycles. The Kier molecular flexibility index (Phi) is 2.84. The molecule has 7 heteroatoms. The van der Waals surface area contributed by atoms with E-state index in [9.17, 15) is 4.79 Å². The largest absolute Gasteiger partial charge is 0.476 e. The highest BCUT2D eigenvalue weighted by molar-refractivity contribution is 5.85. The number of rotatable bonds is 2. The summed E-state index contributed by atoms with van der Waals surface area (Å²) in [4.78, 5) is 10.4. The second-order valence-electron chi connectivity index (χ2n) is 2.70. The Balaban J connectivity index is 0.000000845. The summed E-state index contributed by atoms with van der Waals surface area (Å²) in [7, 11) is 0. The second kappa shape index (κ2) is 3.71. The Morgan fingerprint density at radius 1 is 1.69 bits per heavy atom. The maximum absolute atomic E-state index is 10.4. The van der Waals surface area contributed by atoms with Crippen LogP contribution in [-0.4, -0.2) is 39.2 Å². The molecule has 6 nitrogen and oxygen atoms in total. The lowest BCUT2D eigenvalue weighted by molar-refractivity contribution is 0.0690. The number of carbonyl (C=O) groups is 1. The fourth-order valence-electron chi connectivity index (χ4n) is 1.01. The Morgan fingerprint density at radius 3 is 2.77 bits per heavy atom. The molecule has 1 saturated heterocycles. The highest BCUT2D eigenvalue weighted by Gasteiger charge is 2.21. The van der Waals surface area contributed by atoms with Gasteiger partial charge in [-0.05, 0) is 0 Å². The van der Waals surface area contributed by atoms with E-state index in [0.717, 1.165) is 13.1 Å². The van der Waals surface area contributed by atoms with Crippen molar-refractivity contribution in [3.05, 3.63) is 11.9 Å². The van der Waals surface area contributed by atoms with Crippen LogP contribution in [-0.2, 0) is 0 Å². The molecule has 13 heavy (non-hydrogen) atoms. The molecule has 1 aliphatic heterocycles. The van der Waals surface area contributed by atoms with E-state index in [1.165, 1.54) is 6.20 Å². The van der Waals surface area contributed by atoms with Crippen LogP contribution in [0.2, 0.25) is 0 Å². The second-order valence-corrected chi connectivity index (χ2v) is 2.70. The van der Waals surface area contributed by atoms with Crippen LogP contribution in [0.15, 0.2) is 6.20 Å². The third kappa shape index (κ3) is 1.78. The fourth-order valence-corrected chi connectivity index (χ4v) is 1.01. The molecule has 0 unspecified atom stereocenters. The van der Waals surface area contributed by atoms with Crippen molar-refractivity contribution in [1.82, 2.24) is 20.3 Å². The summed E-state index contributed by atoms with van der Waals surface area (Å²) >= 11 is 0. The fraction of sp³-hybridized carbons (Fsp3) is 0.500. The third-order valence-electron chi connectivity index (χ3n) is 1.86. The molecule has 0 saturated carbocycles. The van der Waals surface area contributed by atoms with Gasteiger partial charge in [0.2, 0.25) is 0 Å². The van der Waals surface area contributed by atoms with Crippen LogP contribution >= 0.6 is 12.4 Å². The third-order valence-corrected chi connectivity index (χ3v) is 1.86. The molecule has 1 aliphatic rings. The average Bonchev–Trinajstić information content (AvgIpc) is 2.32. The molecule has 0 radical (unpaired) electrons. The minimum atomic E-state index is -1.03. The van der Waals surface area contributed by atoms with Gasteiger partial charge < -0.3 is 10.4 Å². The lowest BCUT2D eigenvalue weighted by Crippen LogP contribution is -2.43. The topological polar surface area (TPSA) is 80.0 Å². The van der Waals surface area contributed by atoms with Crippen LogP contribution < -0.4 is 5.32 Å². The van der Waals surface area contributed by atoms with E-state index in [1.807, 2.05) is 0 Å². The SMILES string of the molecule is Cl.O=C(O)c1cn(C2CNC2)nn1. The standard InChI is InChI=1S/C6H8N4O2.ClH/c11-6(12)5-3-10(9-8-5)4-1-7-2-4;/h3-4,7H,1-2H2,(H,11,12);1H. The Labute approximate surface area is 80.3 Å². The Hall–Kier alpha value is -1.14. The minimum absolute atomic E-state index is 0. The molecule has 0 bridgehead atoms. The normalized spacial score (nSPS) is 16.0. The quantitative estimate of drug-likeness (QED) is 0.682. The van der Waals surface area contributed by atoms with Crippen molar-refractivity contribution >= 4 is 18.4 Å². The van der Waals surface area contributed by atoms with Crippen molar-refractivity contribution in [3.8, 4) is 0 Å². The maximum atomic E-state index is 10.4. The average molecular weight is 205 g/mol. The van der Waals surface area contributed by atoms with Crippen molar-refractivity contribution in [3.63, 3.8) is 0 Å². The first-order chi connectivity index (χ1) is 5.77. The summed E-state index contributed by atoms with van der Waals surface area (Å²) in [6, 6.07) is 0.269. The molecule has 0 atom stereocenters. The predicted molar refractivity (Wildman–Crippen MR) is 46.1 cm³/mol. The van der Waals surface area contributed by atoms with Gasteiger partial charge in [-0.3, -0.25) is 0 Å². The van der Waals surface area contributed by atoms with Crippen LogP contribution in [0.3, 0.4) is 0 Å². The van der Waals surface area contributed by atoms with Gasteiger partial charge in [-0.25, -0.2) is 9.48 Å².